The van der Waals surface area contributed by atoms with E-state index in [1.807, 2.05) is 12.1 Å². The van der Waals surface area contributed by atoms with E-state index >= 15 is 0 Å². The molecule has 0 fully saturated rings. The highest BCUT2D eigenvalue weighted by molar-refractivity contribution is 9.10. The summed E-state index contributed by atoms with van der Waals surface area (Å²) < 4.78 is 31.7. The van der Waals surface area contributed by atoms with E-state index in [1.165, 1.54) is 23.5 Å². The third-order valence-corrected chi connectivity index (χ3v) is 5.95. The van der Waals surface area contributed by atoms with Crippen LogP contribution >= 0.6 is 27.5 Å². The molecule has 0 spiro atoms. The van der Waals surface area contributed by atoms with Crippen molar-refractivity contribution in [2.45, 2.75) is 11.4 Å². The van der Waals surface area contributed by atoms with Crippen molar-refractivity contribution in [1.82, 2.24) is 9.29 Å². The quantitative estimate of drug-likeness (QED) is 0.716. The Morgan fingerprint density at radius 3 is 2.41 bits per heavy atom. The van der Waals surface area contributed by atoms with Gasteiger partial charge in [-0.05, 0) is 45.8 Å². The Hall–Kier alpha value is -1.15. The summed E-state index contributed by atoms with van der Waals surface area (Å²) in [7, 11) is -0.572. The summed E-state index contributed by atoms with van der Waals surface area (Å²) in [4.78, 5) is 3.99. The number of sulfonamides is 1. The topological polar surface area (TPSA) is 59.5 Å². The Morgan fingerprint density at radius 2 is 1.86 bits per heavy atom. The Bertz CT molecular complexity index is 766. The molecule has 1 aromatic heterocycles. The zero-order valence-electron chi connectivity index (χ0n) is 12.0. The lowest BCUT2D eigenvalue weighted by atomic mass is 10.2. The van der Waals surface area contributed by atoms with Crippen LogP contribution in [-0.2, 0) is 16.6 Å². The number of ether oxygens (including phenoxy) is 1. The van der Waals surface area contributed by atoms with E-state index in [9.17, 15) is 8.42 Å². The van der Waals surface area contributed by atoms with Crippen molar-refractivity contribution >= 4 is 37.6 Å². The van der Waals surface area contributed by atoms with Crippen LogP contribution in [0.4, 0.5) is 0 Å². The van der Waals surface area contributed by atoms with Crippen LogP contribution in [0.2, 0.25) is 5.15 Å². The van der Waals surface area contributed by atoms with Crippen molar-refractivity contribution in [2.75, 3.05) is 14.2 Å². The van der Waals surface area contributed by atoms with Crippen LogP contribution in [0, 0.1) is 0 Å². The van der Waals surface area contributed by atoms with Crippen LogP contribution < -0.4 is 4.74 Å². The largest absolute Gasteiger partial charge is 0.497 e. The van der Waals surface area contributed by atoms with E-state index in [0.717, 1.165) is 11.3 Å². The molecule has 5 nitrogen and oxygen atoms in total. The van der Waals surface area contributed by atoms with Crippen molar-refractivity contribution in [3.05, 3.63) is 51.7 Å². The van der Waals surface area contributed by atoms with Crippen molar-refractivity contribution < 1.29 is 13.2 Å². The molecule has 0 aliphatic heterocycles. The summed E-state index contributed by atoms with van der Waals surface area (Å²) in [6.07, 6.45) is 0. The van der Waals surface area contributed by atoms with Gasteiger partial charge in [-0.1, -0.05) is 23.7 Å². The van der Waals surface area contributed by atoms with Gasteiger partial charge < -0.3 is 4.74 Å². The summed E-state index contributed by atoms with van der Waals surface area (Å²) in [6.45, 7) is 0.237. The highest BCUT2D eigenvalue weighted by atomic mass is 79.9. The summed E-state index contributed by atoms with van der Waals surface area (Å²) in [5.41, 5.74) is 0.852. The molecular weight excluding hydrogens is 392 g/mol. The molecule has 0 aliphatic carbocycles. The fraction of sp³-hybridized carbons (Fsp3) is 0.214. The molecule has 0 unspecified atom stereocenters. The second-order valence-electron chi connectivity index (χ2n) is 4.53. The van der Waals surface area contributed by atoms with Crippen molar-refractivity contribution in [2.24, 2.45) is 0 Å². The fourth-order valence-corrected chi connectivity index (χ4v) is 4.17. The molecule has 0 bridgehead atoms. The van der Waals surface area contributed by atoms with E-state index < -0.39 is 10.0 Å². The molecule has 2 aromatic rings. The van der Waals surface area contributed by atoms with Gasteiger partial charge in [0.15, 0.2) is 0 Å². The van der Waals surface area contributed by atoms with Gasteiger partial charge in [0.1, 0.15) is 20.4 Å². The minimum Gasteiger partial charge on any atom is -0.497 e. The molecular formula is C14H14BrClN2O3S. The van der Waals surface area contributed by atoms with Gasteiger partial charge in [0.25, 0.3) is 0 Å². The zero-order valence-corrected chi connectivity index (χ0v) is 15.1. The van der Waals surface area contributed by atoms with E-state index in [0.29, 0.717) is 0 Å². The van der Waals surface area contributed by atoms with Crippen LogP contribution in [-0.4, -0.2) is 31.9 Å². The Balaban J connectivity index is 2.24. The second kappa shape index (κ2) is 6.95. The third kappa shape index (κ3) is 3.78. The van der Waals surface area contributed by atoms with Gasteiger partial charge in [-0.15, -0.1) is 0 Å². The molecule has 0 N–H and O–H groups in total. The lowest BCUT2D eigenvalue weighted by Gasteiger charge is -2.18. The van der Waals surface area contributed by atoms with Gasteiger partial charge in [0.05, 0.1) is 7.11 Å². The van der Waals surface area contributed by atoms with Crippen molar-refractivity contribution in [3.63, 3.8) is 0 Å². The molecule has 0 atom stereocenters. The SMILES string of the molecule is COc1ccc(CN(C)S(=O)(=O)c2ccc(Cl)nc2Br)cc1. The number of rotatable bonds is 5. The van der Waals surface area contributed by atoms with Gasteiger partial charge in [-0.2, -0.15) is 4.31 Å². The summed E-state index contributed by atoms with van der Waals surface area (Å²) in [6, 6.07) is 10.1. The first-order valence-corrected chi connectivity index (χ1v) is 8.87. The predicted molar refractivity (Wildman–Crippen MR) is 88.6 cm³/mol. The van der Waals surface area contributed by atoms with Crippen LogP contribution in [0.3, 0.4) is 0 Å². The molecule has 0 radical (unpaired) electrons. The average Bonchev–Trinajstić information content (AvgIpc) is 2.47. The highest BCUT2D eigenvalue weighted by Crippen LogP contribution is 2.25. The molecule has 0 saturated carbocycles. The minimum absolute atomic E-state index is 0.0768. The monoisotopic (exact) mass is 404 g/mol. The maximum absolute atomic E-state index is 12.6. The van der Waals surface area contributed by atoms with E-state index in [1.54, 1.807) is 19.2 Å². The molecule has 2 rings (SSSR count). The first-order valence-electron chi connectivity index (χ1n) is 6.26. The molecule has 118 valence electrons. The lowest BCUT2D eigenvalue weighted by Crippen LogP contribution is -2.27. The number of methoxy groups -OCH3 is 1. The molecule has 22 heavy (non-hydrogen) atoms. The van der Waals surface area contributed by atoms with Gasteiger partial charge >= 0.3 is 0 Å². The smallest absolute Gasteiger partial charge is 0.245 e. The van der Waals surface area contributed by atoms with Crippen LogP contribution in [0.1, 0.15) is 5.56 Å². The number of hydrogen-bond donors (Lipinski definition) is 0. The first kappa shape index (κ1) is 17.2. The summed E-state index contributed by atoms with van der Waals surface area (Å²) in [5, 5.41) is 0.226. The molecule has 8 heteroatoms. The average molecular weight is 406 g/mol. The molecule has 1 aromatic carbocycles. The summed E-state index contributed by atoms with van der Waals surface area (Å²) >= 11 is 8.88. The molecule has 0 amide bonds. The van der Waals surface area contributed by atoms with E-state index in [2.05, 4.69) is 20.9 Å². The second-order valence-corrected chi connectivity index (χ2v) is 7.68. The first-order chi connectivity index (χ1) is 10.3. The van der Waals surface area contributed by atoms with Crippen molar-refractivity contribution in [3.8, 4) is 5.75 Å². The highest BCUT2D eigenvalue weighted by Gasteiger charge is 2.24. The van der Waals surface area contributed by atoms with E-state index in [-0.39, 0.29) is 21.2 Å². The maximum atomic E-state index is 12.6. The minimum atomic E-state index is -3.67. The Kier molecular flexibility index (Phi) is 5.44. The standard InChI is InChI=1S/C14H14BrClN2O3S/c1-18(9-10-3-5-11(21-2)6-4-10)22(19,20)12-7-8-13(16)17-14(12)15/h3-8H,9H2,1-2H3. The van der Waals surface area contributed by atoms with Gasteiger partial charge in [-0.25, -0.2) is 13.4 Å². The Morgan fingerprint density at radius 1 is 1.23 bits per heavy atom. The number of nitrogens with zero attached hydrogens (tertiary/aromatic N) is 2. The lowest BCUT2D eigenvalue weighted by molar-refractivity contribution is 0.414. The number of benzene rings is 1. The summed E-state index contributed by atoms with van der Waals surface area (Å²) in [5.74, 6) is 0.721. The molecule has 0 aliphatic rings. The maximum Gasteiger partial charge on any atom is 0.245 e. The Labute approximate surface area is 143 Å². The van der Waals surface area contributed by atoms with Crippen molar-refractivity contribution in [1.29, 1.82) is 0 Å². The number of pyridine rings is 1. The molecule has 1 heterocycles. The normalized spacial score (nSPS) is 11.7. The van der Waals surface area contributed by atoms with E-state index in [4.69, 9.17) is 16.3 Å². The predicted octanol–water partition coefficient (Wildman–Crippen LogP) is 3.33. The van der Waals surface area contributed by atoms with Crippen LogP contribution in [0.25, 0.3) is 0 Å². The van der Waals surface area contributed by atoms with Gasteiger partial charge in [-0.3, -0.25) is 0 Å². The molecule has 0 saturated heterocycles. The number of aromatic nitrogens is 1. The zero-order chi connectivity index (χ0) is 16.3. The van der Waals surface area contributed by atoms with Crippen LogP contribution in [0.5, 0.6) is 5.75 Å². The number of hydrogen-bond acceptors (Lipinski definition) is 4. The fourth-order valence-electron chi connectivity index (χ4n) is 1.83. The third-order valence-electron chi connectivity index (χ3n) is 3.03. The van der Waals surface area contributed by atoms with Gasteiger partial charge in [0, 0.05) is 13.6 Å². The van der Waals surface area contributed by atoms with Crippen LogP contribution in [0.15, 0.2) is 45.9 Å². The van der Waals surface area contributed by atoms with Gasteiger partial charge in [0.2, 0.25) is 10.0 Å². The number of halogens is 2.